The number of hydrogen-bond donors (Lipinski definition) is 0. The van der Waals surface area contributed by atoms with Crippen LogP contribution in [0.25, 0.3) is 0 Å². The minimum Gasteiger partial charge on any atom is -0.374 e. The highest BCUT2D eigenvalue weighted by Crippen LogP contribution is 2.25. The van der Waals surface area contributed by atoms with E-state index in [4.69, 9.17) is 9.47 Å². The van der Waals surface area contributed by atoms with Crippen LogP contribution in [0, 0.1) is 0 Å². The third-order valence-corrected chi connectivity index (χ3v) is 4.06. The predicted molar refractivity (Wildman–Crippen MR) is 74.8 cm³/mol. The minimum atomic E-state index is 0.281. The molecule has 2 saturated heterocycles. The number of benzene rings is 1. The van der Waals surface area contributed by atoms with Crippen LogP contribution in [0.15, 0.2) is 30.3 Å². The van der Waals surface area contributed by atoms with E-state index < -0.39 is 0 Å². The van der Waals surface area contributed by atoms with Crippen LogP contribution in [-0.4, -0.2) is 36.9 Å². The molecule has 0 unspecified atom stereocenters. The molecule has 0 aromatic heterocycles. The molecule has 2 atom stereocenters. The van der Waals surface area contributed by atoms with Crippen LogP contribution in [0.4, 0.5) is 0 Å². The van der Waals surface area contributed by atoms with Gasteiger partial charge in [-0.15, -0.1) is 0 Å². The molecule has 0 aliphatic carbocycles. The van der Waals surface area contributed by atoms with E-state index in [0.717, 1.165) is 13.0 Å². The van der Waals surface area contributed by atoms with Crippen molar-refractivity contribution >= 4 is 0 Å². The van der Waals surface area contributed by atoms with E-state index in [9.17, 15) is 0 Å². The van der Waals surface area contributed by atoms with Crippen LogP contribution < -0.4 is 0 Å². The zero-order valence-electron chi connectivity index (χ0n) is 11.5. The average molecular weight is 261 g/mol. The smallest absolute Gasteiger partial charge is 0.111 e. The van der Waals surface area contributed by atoms with Gasteiger partial charge < -0.3 is 9.47 Å². The Morgan fingerprint density at radius 1 is 1.11 bits per heavy atom. The molecule has 104 valence electrons. The van der Waals surface area contributed by atoms with Crippen LogP contribution >= 0.6 is 0 Å². The summed E-state index contributed by atoms with van der Waals surface area (Å²) in [5.74, 6) is 0. The Balaban J connectivity index is 1.41. The summed E-state index contributed by atoms with van der Waals surface area (Å²) in [5.41, 5.74) is 1.23. The molecule has 0 saturated carbocycles. The van der Waals surface area contributed by atoms with Crippen molar-refractivity contribution in [3.05, 3.63) is 35.9 Å². The number of ether oxygens (including phenoxy) is 2. The maximum atomic E-state index is 6.13. The van der Waals surface area contributed by atoms with Gasteiger partial charge in [-0.25, -0.2) is 0 Å². The second-order valence-electron chi connectivity index (χ2n) is 5.53. The molecule has 2 heterocycles. The van der Waals surface area contributed by atoms with Gasteiger partial charge in [0.15, 0.2) is 0 Å². The summed E-state index contributed by atoms with van der Waals surface area (Å²) in [6, 6.07) is 10.3. The lowest BCUT2D eigenvalue weighted by Gasteiger charge is -2.42. The molecule has 0 N–H and O–H groups in total. The molecule has 1 aromatic rings. The topological polar surface area (TPSA) is 21.7 Å². The lowest BCUT2D eigenvalue weighted by molar-refractivity contribution is -0.170. The second kappa shape index (κ2) is 6.51. The molecule has 0 amide bonds. The van der Waals surface area contributed by atoms with E-state index in [2.05, 4.69) is 29.2 Å². The van der Waals surface area contributed by atoms with Gasteiger partial charge in [0.2, 0.25) is 0 Å². The van der Waals surface area contributed by atoms with E-state index in [-0.39, 0.29) is 6.10 Å². The molecule has 1 aromatic carbocycles. The molecule has 0 spiro atoms. The number of rotatable bonds is 4. The van der Waals surface area contributed by atoms with E-state index in [1.807, 2.05) is 6.07 Å². The van der Waals surface area contributed by atoms with Gasteiger partial charge in [-0.05, 0) is 31.2 Å². The molecule has 0 bridgehead atoms. The van der Waals surface area contributed by atoms with Gasteiger partial charge in [0.1, 0.15) is 6.23 Å². The van der Waals surface area contributed by atoms with Gasteiger partial charge >= 0.3 is 0 Å². The standard InChI is InChI=1S/C16H23NO2/c1-2-6-14(7-3-1)12-18-13-15-9-11-17-10-5-4-8-16(17)19-15/h1-3,6-7,15-16H,4-5,8-13H2/t15-,16-/m0/s1. The summed E-state index contributed by atoms with van der Waals surface area (Å²) in [6.45, 7) is 3.79. The Morgan fingerprint density at radius 2 is 2.00 bits per heavy atom. The lowest BCUT2D eigenvalue weighted by atomic mass is 10.1. The normalized spacial score (nSPS) is 28.0. The highest BCUT2D eigenvalue weighted by atomic mass is 16.5. The van der Waals surface area contributed by atoms with Gasteiger partial charge in [0, 0.05) is 13.1 Å². The summed E-state index contributed by atoms with van der Waals surface area (Å²) in [6.07, 6.45) is 5.56. The average Bonchev–Trinajstić information content (AvgIpc) is 2.48. The minimum absolute atomic E-state index is 0.281. The SMILES string of the molecule is c1ccc(COC[C@@H]2CCN3CCCC[C@@H]3O2)cc1. The van der Waals surface area contributed by atoms with Crippen molar-refractivity contribution in [2.45, 2.75) is 44.6 Å². The fourth-order valence-electron chi connectivity index (χ4n) is 2.98. The number of piperidine rings is 1. The zero-order valence-corrected chi connectivity index (χ0v) is 11.5. The van der Waals surface area contributed by atoms with Crippen molar-refractivity contribution in [3.63, 3.8) is 0 Å². The summed E-state index contributed by atoms with van der Waals surface area (Å²) in [4.78, 5) is 2.48. The van der Waals surface area contributed by atoms with Gasteiger partial charge in [-0.1, -0.05) is 30.3 Å². The van der Waals surface area contributed by atoms with Crippen LogP contribution in [0.3, 0.4) is 0 Å². The fourth-order valence-corrected chi connectivity index (χ4v) is 2.98. The number of hydrogen-bond acceptors (Lipinski definition) is 3. The highest BCUT2D eigenvalue weighted by molar-refractivity contribution is 5.13. The monoisotopic (exact) mass is 261 g/mol. The molecule has 2 fully saturated rings. The second-order valence-corrected chi connectivity index (χ2v) is 5.53. The molecular formula is C16H23NO2. The summed E-state index contributed by atoms with van der Waals surface area (Å²) in [7, 11) is 0. The highest BCUT2D eigenvalue weighted by Gasteiger charge is 2.30. The van der Waals surface area contributed by atoms with Crippen molar-refractivity contribution in [1.29, 1.82) is 0 Å². The van der Waals surface area contributed by atoms with Crippen molar-refractivity contribution < 1.29 is 9.47 Å². The van der Waals surface area contributed by atoms with Crippen LogP contribution in [-0.2, 0) is 16.1 Å². The maximum absolute atomic E-state index is 6.13. The molecule has 2 aliphatic rings. The third-order valence-electron chi connectivity index (χ3n) is 4.06. The first kappa shape index (κ1) is 13.1. The molecule has 19 heavy (non-hydrogen) atoms. The van der Waals surface area contributed by atoms with E-state index in [1.54, 1.807) is 0 Å². The lowest BCUT2D eigenvalue weighted by Crippen LogP contribution is -2.49. The van der Waals surface area contributed by atoms with Crippen LogP contribution in [0.1, 0.15) is 31.2 Å². The third kappa shape index (κ3) is 3.56. The van der Waals surface area contributed by atoms with E-state index in [1.165, 1.54) is 37.9 Å². The van der Waals surface area contributed by atoms with E-state index >= 15 is 0 Å². The molecular weight excluding hydrogens is 238 g/mol. The zero-order chi connectivity index (χ0) is 12.9. The van der Waals surface area contributed by atoms with Crippen molar-refractivity contribution in [2.75, 3.05) is 19.7 Å². The molecule has 0 radical (unpaired) electrons. The summed E-state index contributed by atoms with van der Waals surface area (Å²) >= 11 is 0. The molecule has 3 nitrogen and oxygen atoms in total. The largest absolute Gasteiger partial charge is 0.374 e. The Bertz CT molecular complexity index is 382. The van der Waals surface area contributed by atoms with Gasteiger partial charge in [-0.3, -0.25) is 4.90 Å². The van der Waals surface area contributed by atoms with E-state index in [0.29, 0.717) is 12.8 Å². The molecule has 2 aliphatic heterocycles. The number of fused-ring (bicyclic) bond motifs is 1. The Hall–Kier alpha value is -0.900. The maximum Gasteiger partial charge on any atom is 0.111 e. The molecule has 3 heteroatoms. The first-order chi connectivity index (χ1) is 9.42. The van der Waals surface area contributed by atoms with Crippen molar-refractivity contribution in [1.82, 2.24) is 4.90 Å². The van der Waals surface area contributed by atoms with Gasteiger partial charge in [-0.2, -0.15) is 0 Å². The first-order valence-corrected chi connectivity index (χ1v) is 7.43. The fraction of sp³-hybridized carbons (Fsp3) is 0.625. The van der Waals surface area contributed by atoms with Crippen LogP contribution in [0.2, 0.25) is 0 Å². The Kier molecular flexibility index (Phi) is 4.49. The molecule has 3 rings (SSSR count). The van der Waals surface area contributed by atoms with Gasteiger partial charge in [0.25, 0.3) is 0 Å². The van der Waals surface area contributed by atoms with Crippen molar-refractivity contribution in [3.8, 4) is 0 Å². The summed E-state index contributed by atoms with van der Waals surface area (Å²) in [5, 5.41) is 0. The van der Waals surface area contributed by atoms with Crippen molar-refractivity contribution in [2.24, 2.45) is 0 Å². The van der Waals surface area contributed by atoms with Gasteiger partial charge in [0.05, 0.1) is 19.3 Å². The van der Waals surface area contributed by atoms with Crippen LogP contribution in [0.5, 0.6) is 0 Å². The predicted octanol–water partition coefficient (Wildman–Crippen LogP) is 2.80. The summed E-state index contributed by atoms with van der Waals surface area (Å²) < 4.78 is 11.9. The quantitative estimate of drug-likeness (QED) is 0.832. The Labute approximate surface area is 115 Å². The first-order valence-electron chi connectivity index (χ1n) is 7.43. The number of nitrogens with zero attached hydrogens (tertiary/aromatic N) is 1. The Morgan fingerprint density at radius 3 is 2.89 bits per heavy atom.